The number of methoxy groups -OCH3 is 1. The molecule has 6 nitrogen and oxygen atoms in total. The number of thioether (sulfide) groups is 1. The number of carbonyl (C=O) groups excluding carboxylic acids is 2. The van der Waals surface area contributed by atoms with Crippen LogP contribution in [0, 0.1) is 0 Å². The first-order valence-corrected chi connectivity index (χ1v) is 9.50. The highest BCUT2D eigenvalue weighted by molar-refractivity contribution is 8.00. The summed E-state index contributed by atoms with van der Waals surface area (Å²) in [7, 11) is 1.62. The maximum absolute atomic E-state index is 12.9. The Bertz CT molecular complexity index is 966. The summed E-state index contributed by atoms with van der Waals surface area (Å²) in [5.41, 5.74) is 2.99. The Morgan fingerprint density at radius 2 is 1.96 bits per heavy atom. The van der Waals surface area contributed by atoms with Crippen LogP contribution in [-0.2, 0) is 4.79 Å². The molecule has 3 rings (SSSR count). The molecule has 0 spiro atoms. The fourth-order valence-corrected chi connectivity index (χ4v) is 3.71. The number of rotatable bonds is 7. The van der Waals surface area contributed by atoms with Crippen LogP contribution in [0.3, 0.4) is 0 Å². The van der Waals surface area contributed by atoms with Crippen molar-refractivity contribution in [3.63, 3.8) is 0 Å². The monoisotopic (exact) mass is 383 g/mol. The van der Waals surface area contributed by atoms with E-state index in [9.17, 15) is 9.59 Å². The summed E-state index contributed by atoms with van der Waals surface area (Å²) in [4.78, 5) is 31.8. The van der Waals surface area contributed by atoms with Gasteiger partial charge in [-0.3, -0.25) is 9.59 Å². The molecule has 7 heteroatoms. The molecule has 0 radical (unpaired) electrons. The summed E-state index contributed by atoms with van der Waals surface area (Å²) in [6.45, 7) is 3.43. The molecule has 1 amide bonds. The summed E-state index contributed by atoms with van der Waals surface area (Å²) in [6.07, 6.45) is 0.678. The predicted molar refractivity (Wildman–Crippen MR) is 108 cm³/mol. The van der Waals surface area contributed by atoms with E-state index in [1.54, 1.807) is 31.4 Å². The lowest BCUT2D eigenvalue weighted by molar-refractivity contribution is -0.114. The smallest absolute Gasteiger partial charge is 0.221 e. The fraction of sp³-hybridized carbons (Fsp3) is 0.250. The molecule has 2 aromatic carbocycles. The van der Waals surface area contributed by atoms with E-state index in [2.05, 4.69) is 15.3 Å². The van der Waals surface area contributed by atoms with E-state index < -0.39 is 0 Å². The molecule has 0 aliphatic carbocycles. The van der Waals surface area contributed by atoms with E-state index in [1.165, 1.54) is 18.7 Å². The zero-order chi connectivity index (χ0) is 19.4. The van der Waals surface area contributed by atoms with Gasteiger partial charge in [-0.25, -0.2) is 4.98 Å². The number of carbonyl (C=O) groups is 2. The third-order valence-corrected chi connectivity index (χ3v) is 5.32. The van der Waals surface area contributed by atoms with Crippen molar-refractivity contribution >= 4 is 40.2 Å². The molecule has 0 saturated heterocycles. The van der Waals surface area contributed by atoms with Gasteiger partial charge < -0.3 is 15.0 Å². The molecule has 1 atom stereocenters. The van der Waals surface area contributed by atoms with Crippen LogP contribution in [0.4, 0.5) is 5.69 Å². The standard InChI is InChI=1S/C20H21N3O3S/c1-4-18(19(25)13-5-7-14(8-6-13)21-12(2)24)27-20-22-16-10-9-15(26-3)11-17(16)23-20/h5-11,18H,4H2,1-3H3,(H,21,24)(H,22,23). The summed E-state index contributed by atoms with van der Waals surface area (Å²) < 4.78 is 5.23. The SMILES string of the molecule is CCC(Sc1nc2ccc(OC)cc2[nH]1)C(=O)c1ccc(NC(C)=O)cc1. The topological polar surface area (TPSA) is 84.1 Å². The molecular formula is C20H21N3O3S. The predicted octanol–water partition coefficient (Wildman–Crippen LogP) is 4.28. The number of hydrogen-bond acceptors (Lipinski definition) is 5. The lowest BCUT2D eigenvalue weighted by Gasteiger charge is -2.12. The highest BCUT2D eigenvalue weighted by Gasteiger charge is 2.21. The minimum absolute atomic E-state index is 0.0370. The number of ether oxygens (including phenoxy) is 1. The van der Waals surface area contributed by atoms with Crippen LogP contribution in [0.25, 0.3) is 11.0 Å². The van der Waals surface area contributed by atoms with E-state index in [0.717, 1.165) is 16.8 Å². The van der Waals surface area contributed by atoms with Crippen molar-refractivity contribution in [1.29, 1.82) is 0 Å². The second-order valence-corrected chi connectivity index (χ2v) is 7.25. The third-order valence-electron chi connectivity index (χ3n) is 4.07. The number of H-pyrrole nitrogens is 1. The number of aromatic amines is 1. The van der Waals surface area contributed by atoms with Crippen molar-refractivity contribution in [3.8, 4) is 5.75 Å². The first-order chi connectivity index (χ1) is 13.0. The van der Waals surface area contributed by atoms with Crippen LogP contribution < -0.4 is 10.1 Å². The number of Topliss-reactive ketones (excluding diaryl/α,β-unsaturated/α-hetero) is 1. The Hall–Kier alpha value is -2.80. The van der Waals surface area contributed by atoms with Gasteiger partial charge in [-0.05, 0) is 42.8 Å². The van der Waals surface area contributed by atoms with E-state index in [1.807, 2.05) is 25.1 Å². The van der Waals surface area contributed by atoms with Crippen molar-refractivity contribution in [2.75, 3.05) is 12.4 Å². The molecule has 0 saturated carbocycles. The molecule has 0 aliphatic rings. The van der Waals surface area contributed by atoms with Crippen LogP contribution in [-0.4, -0.2) is 34.0 Å². The number of anilines is 1. The first kappa shape index (κ1) is 19.0. The summed E-state index contributed by atoms with van der Waals surface area (Å²) in [6, 6.07) is 12.6. The van der Waals surface area contributed by atoms with Crippen molar-refractivity contribution in [2.45, 2.75) is 30.7 Å². The number of amides is 1. The van der Waals surface area contributed by atoms with Crippen molar-refractivity contribution < 1.29 is 14.3 Å². The number of benzene rings is 2. The van der Waals surface area contributed by atoms with Crippen LogP contribution in [0.15, 0.2) is 47.6 Å². The van der Waals surface area contributed by atoms with Crippen LogP contribution >= 0.6 is 11.8 Å². The summed E-state index contributed by atoms with van der Waals surface area (Å²) >= 11 is 1.42. The quantitative estimate of drug-likeness (QED) is 0.470. The van der Waals surface area contributed by atoms with E-state index in [0.29, 0.717) is 22.8 Å². The fourth-order valence-electron chi connectivity index (χ4n) is 2.71. The maximum atomic E-state index is 12.9. The average molecular weight is 383 g/mol. The van der Waals surface area contributed by atoms with Gasteiger partial charge >= 0.3 is 0 Å². The van der Waals surface area contributed by atoms with Gasteiger partial charge in [0, 0.05) is 24.2 Å². The van der Waals surface area contributed by atoms with Crippen molar-refractivity contribution in [1.82, 2.24) is 9.97 Å². The lowest BCUT2D eigenvalue weighted by atomic mass is 10.1. The first-order valence-electron chi connectivity index (χ1n) is 8.62. The molecule has 0 aliphatic heterocycles. The van der Waals surface area contributed by atoms with Gasteiger partial charge in [-0.2, -0.15) is 0 Å². The Morgan fingerprint density at radius 1 is 1.22 bits per heavy atom. The van der Waals surface area contributed by atoms with Crippen LogP contribution in [0.1, 0.15) is 30.6 Å². The minimum Gasteiger partial charge on any atom is -0.497 e. The Balaban J connectivity index is 1.76. The molecule has 0 bridgehead atoms. The molecule has 0 fully saturated rings. The highest BCUT2D eigenvalue weighted by atomic mass is 32.2. The van der Waals surface area contributed by atoms with Crippen molar-refractivity contribution in [2.24, 2.45) is 0 Å². The lowest BCUT2D eigenvalue weighted by Crippen LogP contribution is -2.17. The molecule has 1 aromatic heterocycles. The highest BCUT2D eigenvalue weighted by Crippen LogP contribution is 2.29. The van der Waals surface area contributed by atoms with Gasteiger partial charge in [0.1, 0.15) is 5.75 Å². The number of fused-ring (bicyclic) bond motifs is 1. The number of aromatic nitrogens is 2. The molecule has 2 N–H and O–H groups in total. The van der Waals surface area contributed by atoms with E-state index in [4.69, 9.17) is 4.74 Å². The van der Waals surface area contributed by atoms with Crippen LogP contribution in [0.2, 0.25) is 0 Å². The second-order valence-electron chi connectivity index (χ2n) is 6.06. The Labute approximate surface area is 161 Å². The van der Waals surface area contributed by atoms with Gasteiger partial charge in [0.05, 0.1) is 23.4 Å². The minimum atomic E-state index is -0.251. The van der Waals surface area contributed by atoms with Gasteiger partial charge in [0.15, 0.2) is 10.9 Å². The van der Waals surface area contributed by atoms with E-state index >= 15 is 0 Å². The van der Waals surface area contributed by atoms with Crippen LogP contribution in [0.5, 0.6) is 5.75 Å². The number of nitrogens with zero attached hydrogens (tertiary/aromatic N) is 1. The summed E-state index contributed by atoms with van der Waals surface area (Å²) in [5, 5.41) is 3.15. The zero-order valence-corrected chi connectivity index (χ0v) is 16.2. The number of imidazole rings is 1. The number of nitrogens with one attached hydrogen (secondary N) is 2. The molecular weight excluding hydrogens is 362 g/mol. The molecule has 140 valence electrons. The van der Waals surface area contributed by atoms with E-state index in [-0.39, 0.29) is 16.9 Å². The Morgan fingerprint density at radius 3 is 2.59 bits per heavy atom. The van der Waals surface area contributed by atoms with Gasteiger partial charge in [0.2, 0.25) is 5.91 Å². The molecule has 3 aromatic rings. The number of hydrogen-bond donors (Lipinski definition) is 2. The molecule has 1 unspecified atom stereocenters. The normalized spacial score (nSPS) is 12.0. The van der Waals surface area contributed by atoms with Gasteiger partial charge in [0.25, 0.3) is 0 Å². The summed E-state index contributed by atoms with van der Waals surface area (Å²) in [5.74, 6) is 0.651. The molecule has 1 heterocycles. The number of ketones is 1. The molecule has 27 heavy (non-hydrogen) atoms. The Kier molecular flexibility index (Phi) is 5.81. The van der Waals surface area contributed by atoms with Gasteiger partial charge in [-0.15, -0.1) is 0 Å². The van der Waals surface area contributed by atoms with Gasteiger partial charge in [-0.1, -0.05) is 18.7 Å². The maximum Gasteiger partial charge on any atom is 0.221 e. The zero-order valence-electron chi connectivity index (χ0n) is 15.4. The second kappa shape index (κ2) is 8.26. The average Bonchev–Trinajstić information content (AvgIpc) is 3.07. The third kappa shape index (κ3) is 4.49. The largest absolute Gasteiger partial charge is 0.497 e. The van der Waals surface area contributed by atoms with Crippen molar-refractivity contribution in [3.05, 3.63) is 48.0 Å².